The maximum absolute atomic E-state index is 13.4. The van der Waals surface area contributed by atoms with E-state index in [4.69, 9.17) is 4.74 Å². The van der Waals surface area contributed by atoms with E-state index in [-0.39, 0.29) is 29.7 Å². The van der Waals surface area contributed by atoms with Crippen molar-refractivity contribution in [2.75, 3.05) is 0 Å². The van der Waals surface area contributed by atoms with Crippen LogP contribution in [0.25, 0.3) is 0 Å². The number of amides is 1. The number of esters is 1. The van der Waals surface area contributed by atoms with Crippen molar-refractivity contribution in [2.24, 2.45) is 23.7 Å². The molecule has 1 fully saturated rings. The number of aliphatic hydroxyl groups excluding tert-OH is 2. The molecular weight excluding hydrogens is 382 g/mol. The number of rotatable bonds is 2. The van der Waals surface area contributed by atoms with Crippen LogP contribution in [0.1, 0.15) is 53.9 Å². The Labute approximate surface area is 179 Å². The molecule has 1 aliphatic carbocycles. The minimum atomic E-state index is -1.32. The Bertz CT molecular complexity index is 782. The van der Waals surface area contributed by atoms with Gasteiger partial charge in [-0.25, -0.2) is 4.79 Å². The first-order chi connectivity index (χ1) is 14.1. The summed E-state index contributed by atoms with van der Waals surface area (Å²) in [5.41, 5.74) is 0.858. The van der Waals surface area contributed by atoms with Crippen LogP contribution in [0.3, 0.4) is 0 Å². The topological polar surface area (TPSA) is 95.9 Å². The highest BCUT2D eigenvalue weighted by Gasteiger charge is 2.64. The molecule has 2 aliphatic heterocycles. The van der Waals surface area contributed by atoms with E-state index in [1.165, 1.54) is 11.6 Å². The largest absolute Gasteiger partial charge is 0.444 e. The van der Waals surface area contributed by atoms with E-state index in [0.717, 1.165) is 18.1 Å². The molecule has 3 N–H and O–H groups in total. The second-order valence-electron chi connectivity index (χ2n) is 9.64. The molecule has 1 spiro atoms. The number of allylic oxidation sites excluding steroid dienone is 2. The van der Waals surface area contributed by atoms with Gasteiger partial charge in [0.2, 0.25) is 5.60 Å². The molecule has 0 aromatic heterocycles. The molecule has 0 radical (unpaired) electrons. The van der Waals surface area contributed by atoms with E-state index in [1.54, 1.807) is 0 Å². The third-order valence-electron chi connectivity index (χ3n) is 6.91. The van der Waals surface area contributed by atoms with Crippen LogP contribution in [0.4, 0.5) is 0 Å². The molecule has 7 atom stereocenters. The molecule has 3 rings (SSSR count). The predicted molar refractivity (Wildman–Crippen MR) is 114 cm³/mol. The number of ether oxygens (including phenoxy) is 1. The second-order valence-corrected chi connectivity index (χ2v) is 9.64. The number of nitrogens with one attached hydrogen (secondary N) is 1. The van der Waals surface area contributed by atoms with Crippen molar-refractivity contribution >= 4 is 11.9 Å². The van der Waals surface area contributed by atoms with Crippen molar-refractivity contribution in [3.63, 3.8) is 0 Å². The van der Waals surface area contributed by atoms with Gasteiger partial charge < -0.3 is 20.3 Å². The zero-order chi connectivity index (χ0) is 22.2. The first kappa shape index (κ1) is 22.8. The number of carbonyl (C=O) groups is 2. The van der Waals surface area contributed by atoms with Crippen LogP contribution in [0.2, 0.25) is 0 Å². The van der Waals surface area contributed by atoms with Crippen molar-refractivity contribution in [2.45, 2.75) is 77.7 Å². The molecule has 1 saturated heterocycles. The summed E-state index contributed by atoms with van der Waals surface area (Å²) in [5, 5.41) is 23.4. The maximum Gasteiger partial charge on any atom is 0.331 e. The molecular formula is C24H35NO5. The molecule has 6 nitrogen and oxygen atoms in total. The Balaban J connectivity index is 2.13. The lowest BCUT2D eigenvalue weighted by atomic mass is 9.63. The zero-order valence-corrected chi connectivity index (χ0v) is 18.6. The van der Waals surface area contributed by atoms with E-state index in [1.807, 2.05) is 13.0 Å². The summed E-state index contributed by atoms with van der Waals surface area (Å²) in [6, 6.07) is -0.0792. The van der Waals surface area contributed by atoms with Gasteiger partial charge in [0.05, 0.1) is 12.2 Å². The molecule has 3 aliphatic rings. The molecule has 166 valence electrons. The summed E-state index contributed by atoms with van der Waals surface area (Å²) < 4.78 is 5.99. The van der Waals surface area contributed by atoms with E-state index >= 15 is 0 Å². The fraction of sp³-hybridized carbons (Fsp3) is 0.667. The summed E-state index contributed by atoms with van der Waals surface area (Å²) >= 11 is 0. The second kappa shape index (κ2) is 8.67. The molecule has 0 aromatic rings. The van der Waals surface area contributed by atoms with E-state index in [9.17, 15) is 19.8 Å². The van der Waals surface area contributed by atoms with Crippen LogP contribution in [-0.4, -0.2) is 45.9 Å². The quantitative estimate of drug-likeness (QED) is 0.474. The number of aliphatic hydroxyl groups is 2. The predicted octanol–water partition coefficient (Wildman–Crippen LogP) is 2.66. The van der Waals surface area contributed by atoms with Gasteiger partial charge in [-0.15, -0.1) is 0 Å². The van der Waals surface area contributed by atoms with Gasteiger partial charge in [0, 0.05) is 24.0 Å². The molecule has 0 aromatic carbocycles. The van der Waals surface area contributed by atoms with Crippen molar-refractivity contribution in [1.82, 2.24) is 5.32 Å². The van der Waals surface area contributed by atoms with E-state index < -0.39 is 23.8 Å². The van der Waals surface area contributed by atoms with Crippen LogP contribution >= 0.6 is 0 Å². The van der Waals surface area contributed by atoms with Gasteiger partial charge >= 0.3 is 5.97 Å². The van der Waals surface area contributed by atoms with Crippen LogP contribution in [-0.2, 0) is 14.3 Å². The van der Waals surface area contributed by atoms with Crippen LogP contribution in [0.5, 0.6) is 0 Å². The maximum atomic E-state index is 13.4. The third-order valence-corrected chi connectivity index (χ3v) is 6.91. The minimum Gasteiger partial charge on any atom is -0.444 e. The van der Waals surface area contributed by atoms with Crippen LogP contribution in [0.15, 0.2) is 35.5 Å². The Morgan fingerprint density at radius 2 is 1.93 bits per heavy atom. The van der Waals surface area contributed by atoms with Gasteiger partial charge in [-0.05, 0) is 51.0 Å². The van der Waals surface area contributed by atoms with Crippen molar-refractivity contribution in [3.05, 3.63) is 35.5 Å². The minimum absolute atomic E-state index is 0.0785. The molecule has 2 heterocycles. The van der Waals surface area contributed by atoms with Crippen molar-refractivity contribution < 1.29 is 24.5 Å². The van der Waals surface area contributed by atoms with Gasteiger partial charge in [0.25, 0.3) is 5.91 Å². The fourth-order valence-electron chi connectivity index (χ4n) is 5.27. The van der Waals surface area contributed by atoms with Crippen molar-refractivity contribution in [1.29, 1.82) is 0 Å². The van der Waals surface area contributed by atoms with Gasteiger partial charge in [0.15, 0.2) is 0 Å². The smallest absolute Gasteiger partial charge is 0.331 e. The average molecular weight is 418 g/mol. The molecule has 30 heavy (non-hydrogen) atoms. The number of hydrogen-bond acceptors (Lipinski definition) is 5. The first-order valence-corrected chi connectivity index (χ1v) is 11.0. The first-order valence-electron chi connectivity index (χ1n) is 11.0. The summed E-state index contributed by atoms with van der Waals surface area (Å²) in [7, 11) is 0. The van der Waals surface area contributed by atoms with Gasteiger partial charge in [0.1, 0.15) is 0 Å². The Morgan fingerprint density at radius 1 is 1.23 bits per heavy atom. The van der Waals surface area contributed by atoms with Crippen LogP contribution in [0, 0.1) is 23.7 Å². The highest BCUT2D eigenvalue weighted by molar-refractivity contribution is 5.94. The highest BCUT2D eigenvalue weighted by atomic mass is 16.6. The zero-order valence-electron chi connectivity index (χ0n) is 18.6. The Hall–Kier alpha value is -1.92. The molecule has 6 heteroatoms. The Kier molecular flexibility index (Phi) is 6.58. The summed E-state index contributed by atoms with van der Waals surface area (Å²) in [6.45, 7) is 10.4. The molecule has 0 unspecified atom stereocenters. The third kappa shape index (κ3) is 4.12. The highest BCUT2D eigenvalue weighted by Crippen LogP contribution is 2.50. The average Bonchev–Trinajstić information content (AvgIpc) is 2.93. The number of carbonyl (C=O) groups excluding carboxylic acids is 2. The van der Waals surface area contributed by atoms with Gasteiger partial charge in [-0.2, -0.15) is 0 Å². The lowest BCUT2D eigenvalue weighted by Gasteiger charge is -2.45. The molecule has 1 amide bonds. The lowest BCUT2D eigenvalue weighted by molar-refractivity contribution is -0.172. The Morgan fingerprint density at radius 3 is 2.60 bits per heavy atom. The SMILES string of the molecule is CC1=C[C@H]2C=C(C)[C@@H](C)[C@H]3[C@H](CC(C)C)NC(=O)[C@@]23OC(=O)C=C[C@@H](O)[C@@H](O)CC1. The molecule has 0 saturated carbocycles. The summed E-state index contributed by atoms with van der Waals surface area (Å²) in [5.74, 6) is -1.02. The molecule has 0 bridgehead atoms. The van der Waals surface area contributed by atoms with Crippen LogP contribution < -0.4 is 5.32 Å². The van der Waals surface area contributed by atoms with E-state index in [0.29, 0.717) is 18.8 Å². The lowest BCUT2D eigenvalue weighted by Crippen LogP contribution is -2.56. The normalized spacial score (nSPS) is 39.7. The summed E-state index contributed by atoms with van der Waals surface area (Å²) in [4.78, 5) is 26.2. The fourth-order valence-corrected chi connectivity index (χ4v) is 5.27. The van der Waals surface area contributed by atoms with Gasteiger partial charge in [-0.3, -0.25) is 4.79 Å². The monoisotopic (exact) mass is 417 g/mol. The standard InChI is InChI=1S/C24H35NO5/c1-13(2)10-18-22-16(5)15(4)12-17-11-14(3)6-7-19(26)20(27)8-9-21(28)30-24(17,22)23(29)25-18/h8-9,11-13,16-20,22,26-27H,6-7,10H2,1-5H3,(H,25,29)/t16-,17+,18+,19+,20-,22+,24-/m1/s1. The van der Waals surface area contributed by atoms with Crippen molar-refractivity contribution in [3.8, 4) is 0 Å². The summed E-state index contributed by atoms with van der Waals surface area (Å²) in [6.07, 6.45) is 6.06. The van der Waals surface area contributed by atoms with Gasteiger partial charge in [-0.1, -0.05) is 44.1 Å². The number of hydrogen-bond donors (Lipinski definition) is 3. The van der Waals surface area contributed by atoms with E-state index in [2.05, 4.69) is 39.1 Å².